The van der Waals surface area contributed by atoms with Gasteiger partial charge >= 0.3 is 0 Å². The van der Waals surface area contributed by atoms with Crippen LogP contribution in [0, 0.1) is 5.92 Å². The number of carbonyl (C=O) groups excluding carboxylic acids is 2. The topological polar surface area (TPSA) is 75.9 Å². The van der Waals surface area contributed by atoms with E-state index >= 15 is 0 Å². The predicted molar refractivity (Wildman–Crippen MR) is 82.1 cm³/mol. The molecule has 6 nitrogen and oxygen atoms in total. The van der Waals surface area contributed by atoms with Gasteiger partial charge in [-0.15, -0.1) is 0 Å². The molecule has 3 rings (SSSR count). The van der Waals surface area contributed by atoms with Crippen molar-refractivity contribution in [1.29, 1.82) is 0 Å². The van der Waals surface area contributed by atoms with Gasteiger partial charge in [0.05, 0.1) is 25.3 Å². The lowest BCUT2D eigenvalue weighted by atomic mass is 9.90. The first-order valence-corrected chi connectivity index (χ1v) is 8.58. The average Bonchev–Trinajstić information content (AvgIpc) is 2.54. The summed E-state index contributed by atoms with van der Waals surface area (Å²) >= 11 is 0. The molecule has 0 unspecified atom stereocenters. The monoisotopic (exact) mass is 309 g/mol. The predicted octanol–water partition coefficient (Wildman–Crippen LogP) is 0.354. The van der Waals surface area contributed by atoms with Crippen LogP contribution in [0.5, 0.6) is 0 Å². The SMILES string of the molecule is NC(=O)C1CCN(CC(=O)N2CCO[C@H]3CCCC[C@@H]32)CC1. The van der Waals surface area contributed by atoms with Crippen molar-refractivity contribution in [2.45, 2.75) is 50.7 Å². The Labute approximate surface area is 131 Å². The van der Waals surface area contributed by atoms with E-state index in [0.717, 1.165) is 45.3 Å². The molecule has 0 bridgehead atoms. The van der Waals surface area contributed by atoms with Gasteiger partial charge in [0.15, 0.2) is 0 Å². The second kappa shape index (κ2) is 6.96. The molecule has 0 aromatic rings. The number of rotatable bonds is 3. The van der Waals surface area contributed by atoms with Crippen LogP contribution in [0.25, 0.3) is 0 Å². The largest absolute Gasteiger partial charge is 0.374 e. The van der Waals surface area contributed by atoms with Crippen LogP contribution in [0.3, 0.4) is 0 Å². The Balaban J connectivity index is 1.52. The molecule has 0 radical (unpaired) electrons. The fraction of sp³-hybridized carbons (Fsp3) is 0.875. The number of nitrogens with zero attached hydrogens (tertiary/aromatic N) is 2. The lowest BCUT2D eigenvalue weighted by Gasteiger charge is -2.44. The standard InChI is InChI=1S/C16H27N3O3/c17-16(21)12-5-7-18(8-6-12)11-15(20)19-9-10-22-14-4-2-1-3-13(14)19/h12-14H,1-11H2,(H2,17,21)/t13-,14-/m0/s1. The first-order chi connectivity index (χ1) is 10.6. The minimum Gasteiger partial charge on any atom is -0.374 e. The number of amides is 2. The van der Waals surface area contributed by atoms with Gasteiger partial charge < -0.3 is 15.4 Å². The Morgan fingerprint density at radius 3 is 2.50 bits per heavy atom. The summed E-state index contributed by atoms with van der Waals surface area (Å²) in [5.41, 5.74) is 5.36. The van der Waals surface area contributed by atoms with Crippen LogP contribution in [0.1, 0.15) is 38.5 Å². The van der Waals surface area contributed by atoms with Crippen LogP contribution < -0.4 is 5.73 Å². The van der Waals surface area contributed by atoms with Crippen molar-refractivity contribution in [3.63, 3.8) is 0 Å². The number of nitrogens with two attached hydrogens (primary N) is 1. The minimum absolute atomic E-state index is 0.0162. The van der Waals surface area contributed by atoms with Crippen molar-refractivity contribution >= 4 is 11.8 Å². The smallest absolute Gasteiger partial charge is 0.237 e. The Morgan fingerprint density at radius 1 is 1.05 bits per heavy atom. The molecule has 2 amide bonds. The summed E-state index contributed by atoms with van der Waals surface area (Å²) in [4.78, 5) is 28.1. The van der Waals surface area contributed by atoms with Crippen molar-refractivity contribution in [2.75, 3.05) is 32.8 Å². The molecule has 2 N–H and O–H groups in total. The number of hydrogen-bond acceptors (Lipinski definition) is 4. The third-order valence-electron chi connectivity index (χ3n) is 5.40. The fourth-order valence-electron chi connectivity index (χ4n) is 4.06. The van der Waals surface area contributed by atoms with Crippen molar-refractivity contribution in [1.82, 2.24) is 9.80 Å². The summed E-state index contributed by atoms with van der Waals surface area (Å²) in [5, 5.41) is 0. The first kappa shape index (κ1) is 15.7. The van der Waals surface area contributed by atoms with E-state index < -0.39 is 0 Å². The number of fused-ring (bicyclic) bond motifs is 1. The normalized spacial score (nSPS) is 30.8. The zero-order valence-electron chi connectivity index (χ0n) is 13.2. The molecule has 2 heterocycles. The molecule has 2 atom stereocenters. The van der Waals surface area contributed by atoms with Crippen LogP contribution in [-0.4, -0.2) is 66.5 Å². The summed E-state index contributed by atoms with van der Waals surface area (Å²) in [5.74, 6) is -0.000563. The van der Waals surface area contributed by atoms with Crippen molar-refractivity contribution < 1.29 is 14.3 Å². The van der Waals surface area contributed by atoms with Crippen LogP contribution in [0.4, 0.5) is 0 Å². The van der Waals surface area contributed by atoms with E-state index in [-0.39, 0.29) is 29.9 Å². The molecular formula is C16H27N3O3. The fourth-order valence-corrected chi connectivity index (χ4v) is 4.06. The summed E-state index contributed by atoms with van der Waals surface area (Å²) in [6.45, 7) is 3.43. The molecule has 2 saturated heterocycles. The molecule has 0 spiro atoms. The Morgan fingerprint density at radius 2 is 1.77 bits per heavy atom. The molecule has 0 aromatic carbocycles. The second-order valence-corrected chi connectivity index (χ2v) is 6.80. The van der Waals surface area contributed by atoms with E-state index in [9.17, 15) is 9.59 Å². The van der Waals surface area contributed by atoms with Crippen molar-refractivity contribution in [3.8, 4) is 0 Å². The summed E-state index contributed by atoms with van der Waals surface area (Å²) < 4.78 is 5.83. The molecule has 0 aromatic heterocycles. The maximum atomic E-state index is 12.7. The highest BCUT2D eigenvalue weighted by atomic mass is 16.5. The lowest BCUT2D eigenvalue weighted by Crippen LogP contribution is -2.57. The summed E-state index contributed by atoms with van der Waals surface area (Å²) in [6.07, 6.45) is 6.35. The number of piperidine rings is 1. The van der Waals surface area contributed by atoms with Crippen LogP contribution >= 0.6 is 0 Å². The number of primary amides is 1. The third kappa shape index (κ3) is 3.43. The number of morpholine rings is 1. The molecule has 6 heteroatoms. The van der Waals surface area contributed by atoms with Crippen LogP contribution in [-0.2, 0) is 14.3 Å². The Bertz CT molecular complexity index is 419. The van der Waals surface area contributed by atoms with Gasteiger partial charge in [-0.25, -0.2) is 0 Å². The third-order valence-corrected chi connectivity index (χ3v) is 5.40. The minimum atomic E-state index is -0.204. The molecule has 2 aliphatic heterocycles. The van der Waals surface area contributed by atoms with E-state index in [1.165, 1.54) is 12.8 Å². The van der Waals surface area contributed by atoms with Gasteiger partial charge in [0.25, 0.3) is 0 Å². The van der Waals surface area contributed by atoms with Crippen molar-refractivity contribution in [2.24, 2.45) is 11.7 Å². The molecule has 1 saturated carbocycles. The zero-order valence-corrected chi connectivity index (χ0v) is 13.2. The van der Waals surface area contributed by atoms with E-state index in [1.807, 2.05) is 4.90 Å². The van der Waals surface area contributed by atoms with Crippen LogP contribution in [0.2, 0.25) is 0 Å². The molecule has 1 aliphatic carbocycles. The van der Waals surface area contributed by atoms with Gasteiger partial charge in [-0.05, 0) is 38.8 Å². The highest BCUT2D eigenvalue weighted by molar-refractivity contribution is 5.79. The van der Waals surface area contributed by atoms with Gasteiger partial charge in [0.1, 0.15) is 0 Å². The van der Waals surface area contributed by atoms with Gasteiger partial charge in [0.2, 0.25) is 11.8 Å². The molecule has 3 aliphatic rings. The molecule has 124 valence electrons. The summed E-state index contributed by atoms with van der Waals surface area (Å²) in [7, 11) is 0. The van der Waals surface area contributed by atoms with Crippen molar-refractivity contribution in [3.05, 3.63) is 0 Å². The maximum Gasteiger partial charge on any atom is 0.237 e. The maximum absolute atomic E-state index is 12.7. The molecular weight excluding hydrogens is 282 g/mol. The molecule has 3 fully saturated rings. The number of ether oxygens (including phenoxy) is 1. The molecule has 22 heavy (non-hydrogen) atoms. The second-order valence-electron chi connectivity index (χ2n) is 6.80. The number of carbonyl (C=O) groups is 2. The zero-order chi connectivity index (χ0) is 15.5. The van der Waals surface area contributed by atoms with Gasteiger partial charge in [-0.3, -0.25) is 14.5 Å². The summed E-state index contributed by atoms with van der Waals surface area (Å²) in [6, 6.07) is 0.276. The average molecular weight is 309 g/mol. The van der Waals surface area contributed by atoms with E-state index in [2.05, 4.69) is 4.90 Å². The van der Waals surface area contributed by atoms with Gasteiger partial charge in [0, 0.05) is 12.5 Å². The highest BCUT2D eigenvalue weighted by Gasteiger charge is 2.37. The van der Waals surface area contributed by atoms with E-state index in [0.29, 0.717) is 13.2 Å². The first-order valence-electron chi connectivity index (χ1n) is 8.58. The van der Waals surface area contributed by atoms with Crippen LogP contribution in [0.15, 0.2) is 0 Å². The Kier molecular flexibility index (Phi) is 4.98. The van der Waals surface area contributed by atoms with E-state index in [1.54, 1.807) is 0 Å². The Hall–Kier alpha value is -1.14. The lowest BCUT2D eigenvalue weighted by molar-refractivity contribution is -0.151. The van der Waals surface area contributed by atoms with Gasteiger partial charge in [-0.2, -0.15) is 0 Å². The van der Waals surface area contributed by atoms with E-state index in [4.69, 9.17) is 10.5 Å². The quantitative estimate of drug-likeness (QED) is 0.816. The highest BCUT2D eigenvalue weighted by Crippen LogP contribution is 2.28. The number of hydrogen-bond donors (Lipinski definition) is 1. The number of likely N-dealkylation sites (tertiary alicyclic amines) is 1. The van der Waals surface area contributed by atoms with Gasteiger partial charge in [-0.1, -0.05) is 12.8 Å².